The molecular formula is C11H19NO9. The van der Waals surface area contributed by atoms with Crippen molar-refractivity contribution < 1.29 is 45.0 Å². The molecule has 0 aromatic carbocycles. The molecule has 0 aromatic heterocycles. The van der Waals surface area contributed by atoms with Gasteiger partial charge in [0.1, 0.15) is 24.9 Å². The van der Waals surface area contributed by atoms with Crippen LogP contribution in [0.2, 0.25) is 0 Å². The van der Waals surface area contributed by atoms with Gasteiger partial charge in [0.25, 0.3) is 0 Å². The summed E-state index contributed by atoms with van der Waals surface area (Å²) in [5, 5.41) is 58.6. The molecule has 0 bridgehead atoms. The highest BCUT2D eigenvalue weighted by atomic mass is 16.6. The van der Waals surface area contributed by atoms with Crippen molar-refractivity contribution in [3.05, 3.63) is 0 Å². The molecule has 0 aliphatic carbocycles. The molecule has 0 saturated carbocycles. The molecule has 21 heavy (non-hydrogen) atoms. The van der Waals surface area contributed by atoms with Crippen molar-refractivity contribution >= 4 is 12.2 Å². The first-order chi connectivity index (χ1) is 9.77. The van der Waals surface area contributed by atoms with Gasteiger partial charge < -0.3 is 40.7 Å². The topological polar surface area (TPSA) is 177 Å². The summed E-state index contributed by atoms with van der Waals surface area (Å²) in [5.41, 5.74) is 0. The summed E-state index contributed by atoms with van der Waals surface area (Å²) in [7, 11) is 0. The Hall–Kier alpha value is -1.14. The summed E-state index contributed by atoms with van der Waals surface area (Å²) in [5.74, 6) is -3.30. The number of aliphatic hydroxyl groups is 6. The van der Waals surface area contributed by atoms with Gasteiger partial charge >= 0.3 is 0 Å². The van der Waals surface area contributed by atoms with Crippen molar-refractivity contribution in [3.8, 4) is 0 Å². The minimum absolute atomic E-state index is 0.00531. The lowest BCUT2D eigenvalue weighted by molar-refractivity contribution is -0.280. The van der Waals surface area contributed by atoms with Crippen LogP contribution < -0.4 is 5.32 Å². The minimum Gasteiger partial charge on any atom is -0.394 e. The summed E-state index contributed by atoms with van der Waals surface area (Å²) < 4.78 is 4.95. The maximum Gasteiger partial charge on any atom is 0.246 e. The number of rotatable bonds is 6. The summed E-state index contributed by atoms with van der Waals surface area (Å²) >= 11 is 0. The number of aldehydes is 1. The molecule has 1 aliphatic heterocycles. The summed E-state index contributed by atoms with van der Waals surface area (Å²) in [6.45, 7) is -1.75. The van der Waals surface area contributed by atoms with Crippen molar-refractivity contribution in [1.82, 2.24) is 5.32 Å². The van der Waals surface area contributed by atoms with Crippen LogP contribution in [0.15, 0.2) is 0 Å². The zero-order chi connectivity index (χ0) is 16.2. The molecule has 122 valence electrons. The van der Waals surface area contributed by atoms with Crippen molar-refractivity contribution in [2.24, 2.45) is 0 Å². The van der Waals surface area contributed by atoms with E-state index in [0.29, 0.717) is 0 Å². The van der Waals surface area contributed by atoms with Crippen LogP contribution in [0.1, 0.15) is 6.42 Å². The van der Waals surface area contributed by atoms with Crippen molar-refractivity contribution in [2.75, 3.05) is 13.2 Å². The number of hydrogen-bond acceptors (Lipinski definition) is 9. The third-order valence-electron chi connectivity index (χ3n) is 3.18. The van der Waals surface area contributed by atoms with E-state index < -0.39 is 61.8 Å². The van der Waals surface area contributed by atoms with Crippen LogP contribution in [-0.2, 0) is 14.3 Å². The first-order valence-electron chi connectivity index (χ1n) is 6.19. The van der Waals surface area contributed by atoms with Crippen LogP contribution >= 0.6 is 0 Å². The van der Waals surface area contributed by atoms with Gasteiger partial charge in [0.2, 0.25) is 11.7 Å². The lowest BCUT2D eigenvalue weighted by Crippen LogP contribution is -2.66. The van der Waals surface area contributed by atoms with E-state index in [2.05, 4.69) is 5.32 Å². The minimum atomic E-state index is -2.40. The van der Waals surface area contributed by atoms with Gasteiger partial charge in [0, 0.05) is 6.42 Å². The molecule has 0 radical (unpaired) electrons. The highest BCUT2D eigenvalue weighted by molar-refractivity contribution is 5.77. The van der Waals surface area contributed by atoms with Gasteiger partial charge in [-0.1, -0.05) is 0 Å². The summed E-state index contributed by atoms with van der Waals surface area (Å²) in [6, 6.07) is -1.30. The average Bonchev–Trinajstić information content (AvgIpc) is 2.47. The molecule has 1 aliphatic rings. The molecule has 0 aromatic rings. The second-order valence-electron chi connectivity index (χ2n) is 4.81. The maximum atomic E-state index is 11.2. The van der Waals surface area contributed by atoms with Crippen LogP contribution in [0.25, 0.3) is 0 Å². The number of carbonyl (C=O) groups excluding carboxylic acids is 2. The molecule has 1 fully saturated rings. The number of carbonyl (C=O) groups is 2. The van der Waals surface area contributed by atoms with E-state index >= 15 is 0 Å². The predicted octanol–water partition coefficient (Wildman–Crippen LogP) is -4.79. The van der Waals surface area contributed by atoms with Gasteiger partial charge in [-0.3, -0.25) is 9.59 Å². The number of nitrogens with one attached hydrogen (secondary N) is 1. The van der Waals surface area contributed by atoms with Crippen LogP contribution in [0.4, 0.5) is 0 Å². The molecule has 1 amide bonds. The lowest BCUT2D eigenvalue weighted by atomic mass is 9.89. The van der Waals surface area contributed by atoms with E-state index in [1.54, 1.807) is 0 Å². The molecule has 10 nitrogen and oxygen atoms in total. The summed E-state index contributed by atoms with van der Waals surface area (Å²) in [6.07, 6.45) is -7.14. The molecule has 0 spiro atoms. The molecule has 1 rings (SSSR count). The maximum absolute atomic E-state index is 11.2. The molecule has 1 heterocycles. The second-order valence-corrected chi connectivity index (χ2v) is 4.81. The highest BCUT2D eigenvalue weighted by Crippen LogP contribution is 2.28. The van der Waals surface area contributed by atoms with Crippen molar-refractivity contribution in [3.63, 3.8) is 0 Å². The normalized spacial score (nSPS) is 35.8. The smallest absolute Gasteiger partial charge is 0.246 e. The SMILES string of the molecule is O=CC1(O)C[C@H](O)[C@@H](NC(=O)CO)[C@H]([C@H](O)[C@H](O)CO)O1. The average molecular weight is 309 g/mol. The number of amides is 1. The fraction of sp³-hybridized carbons (Fsp3) is 0.818. The van der Waals surface area contributed by atoms with Crippen LogP contribution in [0, 0.1) is 0 Å². The quantitative estimate of drug-likeness (QED) is 0.237. The third-order valence-corrected chi connectivity index (χ3v) is 3.18. The Labute approximate surface area is 119 Å². The van der Waals surface area contributed by atoms with E-state index in [4.69, 9.17) is 14.9 Å². The number of aliphatic hydroxyl groups excluding tert-OH is 5. The van der Waals surface area contributed by atoms with Gasteiger partial charge in [-0.25, -0.2) is 0 Å². The first-order valence-corrected chi connectivity index (χ1v) is 6.19. The van der Waals surface area contributed by atoms with Gasteiger partial charge in [-0.2, -0.15) is 0 Å². The Kier molecular flexibility index (Phi) is 6.16. The zero-order valence-electron chi connectivity index (χ0n) is 11.0. The standard InChI is InChI=1S/C11H19NO9/c13-2-6(17)9(19)10-8(12-7(18)3-14)5(16)1-11(20,4-15)21-10/h4-6,8-10,13-14,16-17,19-20H,1-3H2,(H,12,18)/t5-,6+,8+,9+,10+,11?/m0/s1. The fourth-order valence-corrected chi connectivity index (χ4v) is 2.10. The molecule has 7 N–H and O–H groups in total. The van der Waals surface area contributed by atoms with Crippen molar-refractivity contribution in [1.29, 1.82) is 0 Å². The van der Waals surface area contributed by atoms with Crippen LogP contribution in [0.5, 0.6) is 0 Å². The van der Waals surface area contributed by atoms with E-state index in [-0.39, 0.29) is 6.29 Å². The Morgan fingerprint density at radius 3 is 2.52 bits per heavy atom. The molecule has 6 atom stereocenters. The van der Waals surface area contributed by atoms with E-state index in [1.807, 2.05) is 0 Å². The zero-order valence-corrected chi connectivity index (χ0v) is 11.0. The fourth-order valence-electron chi connectivity index (χ4n) is 2.10. The highest BCUT2D eigenvalue weighted by Gasteiger charge is 2.50. The van der Waals surface area contributed by atoms with E-state index in [9.17, 15) is 30.0 Å². The Morgan fingerprint density at radius 1 is 1.43 bits per heavy atom. The molecule has 1 saturated heterocycles. The third kappa shape index (κ3) is 4.17. The predicted molar refractivity (Wildman–Crippen MR) is 64.6 cm³/mol. The largest absolute Gasteiger partial charge is 0.394 e. The van der Waals surface area contributed by atoms with Crippen molar-refractivity contribution in [2.45, 2.75) is 42.7 Å². The van der Waals surface area contributed by atoms with Crippen LogP contribution in [0.3, 0.4) is 0 Å². The van der Waals surface area contributed by atoms with Gasteiger partial charge in [-0.15, -0.1) is 0 Å². The molecule has 10 heteroatoms. The van der Waals surface area contributed by atoms with Crippen LogP contribution in [-0.4, -0.2) is 92.3 Å². The number of ether oxygens (including phenoxy) is 1. The Balaban J connectivity index is 3.01. The van der Waals surface area contributed by atoms with Gasteiger partial charge in [0.15, 0.2) is 6.29 Å². The molecule has 1 unspecified atom stereocenters. The summed E-state index contributed by atoms with van der Waals surface area (Å²) in [4.78, 5) is 22.0. The lowest BCUT2D eigenvalue weighted by Gasteiger charge is -2.44. The van der Waals surface area contributed by atoms with E-state index in [0.717, 1.165) is 0 Å². The Bertz CT molecular complexity index is 379. The van der Waals surface area contributed by atoms with Gasteiger partial charge in [-0.05, 0) is 0 Å². The first kappa shape index (κ1) is 17.9. The monoisotopic (exact) mass is 309 g/mol. The second kappa shape index (κ2) is 7.22. The van der Waals surface area contributed by atoms with E-state index in [1.165, 1.54) is 0 Å². The molecular weight excluding hydrogens is 290 g/mol. The van der Waals surface area contributed by atoms with Gasteiger partial charge in [0.05, 0.1) is 18.8 Å². The Morgan fingerprint density at radius 2 is 2.05 bits per heavy atom. The number of hydrogen-bond donors (Lipinski definition) is 7.